The maximum atomic E-state index is 13.2. The minimum atomic E-state index is -0.253. The highest BCUT2D eigenvalue weighted by atomic mass is 35.5. The molecule has 1 aromatic heterocycles. The second kappa shape index (κ2) is 11.5. The molecule has 8 heteroatoms. The van der Waals surface area contributed by atoms with E-state index in [2.05, 4.69) is 29.6 Å². The van der Waals surface area contributed by atoms with E-state index in [1.807, 2.05) is 32.0 Å². The summed E-state index contributed by atoms with van der Waals surface area (Å²) in [5, 5.41) is 12.3. The number of nitrogens with zero attached hydrogens (tertiary/aromatic N) is 2. The van der Waals surface area contributed by atoms with E-state index in [1.165, 1.54) is 0 Å². The summed E-state index contributed by atoms with van der Waals surface area (Å²) in [5.74, 6) is 0.749. The van der Waals surface area contributed by atoms with E-state index in [9.17, 15) is 4.79 Å². The molecule has 0 aliphatic heterocycles. The van der Waals surface area contributed by atoms with Crippen LogP contribution in [-0.4, -0.2) is 27.8 Å². The van der Waals surface area contributed by atoms with Gasteiger partial charge in [-0.2, -0.15) is 9.78 Å². The van der Waals surface area contributed by atoms with E-state index in [0.29, 0.717) is 45.2 Å². The number of nitrogens with one attached hydrogen (secondary N) is 2. The fourth-order valence-corrected chi connectivity index (χ4v) is 3.44. The number of carbonyl (C=O) groups excluding carboxylic acids is 1. The Hall–Kier alpha value is -2.54. The van der Waals surface area contributed by atoms with E-state index < -0.39 is 0 Å². The minimum absolute atomic E-state index is 0.0129. The molecule has 0 aliphatic carbocycles. The summed E-state index contributed by atoms with van der Waals surface area (Å²) in [6.07, 6.45) is 1.76. The molecule has 0 fully saturated rings. The first kappa shape index (κ1) is 25.1. The number of para-hydroxylation sites is 1. The Kier molecular flexibility index (Phi) is 8.78. The van der Waals surface area contributed by atoms with Crippen LogP contribution in [0, 0.1) is 0 Å². The van der Waals surface area contributed by atoms with E-state index in [1.54, 1.807) is 35.0 Å². The minimum Gasteiger partial charge on any atom is -0.439 e. The highest BCUT2D eigenvalue weighted by Crippen LogP contribution is 2.33. The van der Waals surface area contributed by atoms with Gasteiger partial charge in [-0.3, -0.25) is 4.79 Å². The molecule has 1 amide bonds. The summed E-state index contributed by atoms with van der Waals surface area (Å²) in [4.78, 5) is 13.2. The summed E-state index contributed by atoms with van der Waals surface area (Å²) in [7, 11) is 0. The fraction of sp³-hybridized carbons (Fsp3) is 0.360. The second-order valence-corrected chi connectivity index (χ2v) is 8.87. The first-order valence-electron chi connectivity index (χ1n) is 11.2. The lowest BCUT2D eigenvalue weighted by molar-refractivity contribution is 0.0932. The van der Waals surface area contributed by atoms with Crippen molar-refractivity contribution in [3.63, 3.8) is 0 Å². The van der Waals surface area contributed by atoms with Gasteiger partial charge in [-0.1, -0.05) is 49.2 Å². The number of halogens is 2. The van der Waals surface area contributed by atoms with E-state index in [4.69, 9.17) is 27.9 Å². The van der Waals surface area contributed by atoms with Crippen molar-refractivity contribution in [1.29, 1.82) is 0 Å². The number of benzene rings is 2. The third-order valence-corrected chi connectivity index (χ3v) is 6.06. The molecule has 6 nitrogen and oxygen atoms in total. The first-order valence-corrected chi connectivity index (χ1v) is 11.9. The molecular weight excluding hydrogens is 459 g/mol. The zero-order chi connectivity index (χ0) is 24.0. The van der Waals surface area contributed by atoms with Crippen LogP contribution in [-0.2, 0) is 6.54 Å². The van der Waals surface area contributed by atoms with Gasteiger partial charge in [-0.15, -0.1) is 0 Å². The number of carbonyl (C=O) groups is 1. The predicted molar refractivity (Wildman–Crippen MR) is 134 cm³/mol. The number of hydrogen-bond donors (Lipinski definition) is 2. The molecule has 0 bridgehead atoms. The number of ether oxygens (including phenoxy) is 1. The lowest BCUT2D eigenvalue weighted by Crippen LogP contribution is -2.33. The van der Waals surface area contributed by atoms with Crippen molar-refractivity contribution in [3.8, 4) is 17.3 Å². The van der Waals surface area contributed by atoms with Crippen molar-refractivity contribution in [3.05, 3.63) is 69.8 Å². The van der Waals surface area contributed by atoms with Crippen molar-refractivity contribution in [1.82, 2.24) is 20.4 Å². The van der Waals surface area contributed by atoms with Crippen LogP contribution in [0.5, 0.6) is 11.6 Å². The zero-order valence-electron chi connectivity index (χ0n) is 19.4. The van der Waals surface area contributed by atoms with Crippen LogP contribution in [0.15, 0.2) is 48.5 Å². The van der Waals surface area contributed by atoms with Gasteiger partial charge in [0.05, 0.1) is 16.3 Å². The maximum Gasteiger partial charge on any atom is 0.272 e. The molecule has 2 aromatic carbocycles. The summed E-state index contributed by atoms with van der Waals surface area (Å²) >= 11 is 12.6. The van der Waals surface area contributed by atoms with Crippen LogP contribution in [0.3, 0.4) is 0 Å². The molecule has 33 heavy (non-hydrogen) atoms. The number of amides is 1. The van der Waals surface area contributed by atoms with Crippen LogP contribution < -0.4 is 15.4 Å². The molecular formula is C25H30Cl2N4O2. The topological polar surface area (TPSA) is 68.2 Å². The Morgan fingerprint density at radius 3 is 2.33 bits per heavy atom. The molecule has 0 spiro atoms. The number of aromatic nitrogens is 2. The van der Waals surface area contributed by atoms with Gasteiger partial charge in [0, 0.05) is 23.7 Å². The fourth-order valence-electron chi connectivity index (χ4n) is 3.10. The van der Waals surface area contributed by atoms with Crippen LogP contribution in [0.25, 0.3) is 5.69 Å². The average molecular weight is 489 g/mol. The van der Waals surface area contributed by atoms with Crippen LogP contribution in [0.1, 0.15) is 56.6 Å². The van der Waals surface area contributed by atoms with E-state index >= 15 is 0 Å². The number of rotatable bonds is 10. The SMILES string of the molecule is CCC(C)NCc1c(C(=O)NC(C)CC)nn(-c2ccccc2Cl)c1Oc1ccc(Cl)cc1. The summed E-state index contributed by atoms with van der Waals surface area (Å²) in [5.41, 5.74) is 1.58. The second-order valence-electron chi connectivity index (χ2n) is 8.02. The lowest BCUT2D eigenvalue weighted by Gasteiger charge is -2.15. The highest BCUT2D eigenvalue weighted by molar-refractivity contribution is 6.32. The van der Waals surface area contributed by atoms with Gasteiger partial charge < -0.3 is 15.4 Å². The van der Waals surface area contributed by atoms with E-state index in [0.717, 1.165) is 12.8 Å². The van der Waals surface area contributed by atoms with Gasteiger partial charge >= 0.3 is 0 Å². The summed E-state index contributed by atoms with van der Waals surface area (Å²) < 4.78 is 7.89. The van der Waals surface area contributed by atoms with Gasteiger partial charge in [-0.05, 0) is 63.1 Å². The van der Waals surface area contributed by atoms with Crippen molar-refractivity contribution >= 4 is 29.1 Å². The van der Waals surface area contributed by atoms with Crippen LogP contribution >= 0.6 is 23.2 Å². The quantitative estimate of drug-likeness (QED) is 0.346. The molecule has 2 unspecified atom stereocenters. The molecule has 176 valence electrons. The normalized spacial score (nSPS) is 12.9. The van der Waals surface area contributed by atoms with Crippen molar-refractivity contribution in [2.75, 3.05) is 0 Å². The van der Waals surface area contributed by atoms with Crippen molar-refractivity contribution < 1.29 is 9.53 Å². The zero-order valence-corrected chi connectivity index (χ0v) is 20.9. The van der Waals surface area contributed by atoms with Gasteiger partial charge in [0.25, 0.3) is 5.91 Å². The standard InChI is InChI=1S/C25H30Cl2N4O2/c1-5-16(3)28-15-20-23(24(32)29-17(4)6-2)30-31(22-10-8-7-9-21(22)27)25(20)33-19-13-11-18(26)12-14-19/h7-14,16-17,28H,5-6,15H2,1-4H3,(H,29,32). The average Bonchev–Trinajstić information content (AvgIpc) is 3.17. The lowest BCUT2D eigenvalue weighted by atomic mass is 10.1. The molecule has 0 saturated carbocycles. The molecule has 3 rings (SSSR count). The Morgan fingerprint density at radius 2 is 1.70 bits per heavy atom. The van der Waals surface area contributed by atoms with Gasteiger partial charge in [-0.25, -0.2) is 0 Å². The van der Waals surface area contributed by atoms with Gasteiger partial charge in [0.2, 0.25) is 5.88 Å². The smallest absolute Gasteiger partial charge is 0.272 e. The molecule has 0 radical (unpaired) electrons. The summed E-state index contributed by atoms with van der Waals surface area (Å²) in [6, 6.07) is 14.6. The Bertz CT molecular complexity index is 1080. The largest absolute Gasteiger partial charge is 0.439 e. The molecule has 2 atom stereocenters. The van der Waals surface area contributed by atoms with Crippen LogP contribution in [0.4, 0.5) is 0 Å². The monoisotopic (exact) mass is 488 g/mol. The Balaban J connectivity index is 2.16. The van der Waals surface area contributed by atoms with Gasteiger partial charge in [0.15, 0.2) is 5.69 Å². The first-order chi connectivity index (χ1) is 15.8. The third kappa shape index (κ3) is 6.28. The molecule has 0 aliphatic rings. The Morgan fingerprint density at radius 1 is 1.03 bits per heavy atom. The van der Waals surface area contributed by atoms with Crippen molar-refractivity contribution in [2.45, 2.75) is 59.2 Å². The van der Waals surface area contributed by atoms with E-state index in [-0.39, 0.29) is 18.0 Å². The number of hydrogen-bond acceptors (Lipinski definition) is 4. The molecule has 1 heterocycles. The van der Waals surface area contributed by atoms with Crippen molar-refractivity contribution in [2.24, 2.45) is 0 Å². The molecule has 0 saturated heterocycles. The highest BCUT2D eigenvalue weighted by Gasteiger charge is 2.27. The maximum absolute atomic E-state index is 13.2. The van der Waals surface area contributed by atoms with Crippen LogP contribution in [0.2, 0.25) is 10.0 Å². The molecule has 2 N–H and O–H groups in total. The Labute approximate surface area is 205 Å². The predicted octanol–water partition coefficient (Wildman–Crippen LogP) is 6.39. The van der Waals surface area contributed by atoms with Gasteiger partial charge in [0.1, 0.15) is 5.75 Å². The molecule has 3 aromatic rings. The third-order valence-electron chi connectivity index (χ3n) is 5.49. The summed E-state index contributed by atoms with van der Waals surface area (Å²) in [6.45, 7) is 8.59.